The topological polar surface area (TPSA) is 35.9 Å². The molecule has 1 fully saturated rings. The summed E-state index contributed by atoms with van der Waals surface area (Å²) >= 11 is 0. The summed E-state index contributed by atoms with van der Waals surface area (Å²) in [5.74, 6) is 1.93. The summed E-state index contributed by atoms with van der Waals surface area (Å²) in [4.78, 5) is 4.70. The molecule has 2 heterocycles. The number of nitrogens with zero attached hydrogens (tertiary/aromatic N) is 2. The number of alkyl halides is 1. The monoisotopic (exact) mass is 440 g/mol. The predicted octanol–water partition coefficient (Wildman–Crippen LogP) is 4.98. The van der Waals surface area contributed by atoms with E-state index in [2.05, 4.69) is 35.8 Å². The van der Waals surface area contributed by atoms with Gasteiger partial charge in [-0.1, -0.05) is 25.1 Å². The Balaban J connectivity index is 1.54. The lowest BCUT2D eigenvalue weighted by molar-refractivity contribution is 0.0540. The summed E-state index contributed by atoms with van der Waals surface area (Å²) in [7, 11) is 0. The molecular weight excluding hydrogens is 403 g/mol. The fourth-order valence-corrected chi connectivity index (χ4v) is 5.34. The van der Waals surface area contributed by atoms with Gasteiger partial charge in [0.05, 0.1) is 5.54 Å². The van der Waals surface area contributed by atoms with Crippen LogP contribution in [-0.2, 0) is 12.0 Å². The lowest BCUT2D eigenvalue weighted by Crippen LogP contribution is -2.53. The van der Waals surface area contributed by atoms with Crippen LogP contribution in [-0.4, -0.2) is 59.9 Å². The molecular formula is C27H37FN2O2. The largest absolute Gasteiger partial charge is 0.508 e. The molecule has 0 aromatic heterocycles. The molecule has 4 rings (SSSR count). The molecule has 2 aliphatic heterocycles. The average Bonchev–Trinajstić information content (AvgIpc) is 3.15. The second-order valence-electron chi connectivity index (χ2n) is 10.4. The van der Waals surface area contributed by atoms with Crippen molar-refractivity contribution < 1.29 is 14.2 Å². The third kappa shape index (κ3) is 4.94. The second kappa shape index (κ2) is 9.03. The van der Waals surface area contributed by atoms with Gasteiger partial charge in [0, 0.05) is 26.2 Å². The van der Waals surface area contributed by atoms with Crippen LogP contribution in [0.4, 0.5) is 4.39 Å². The van der Waals surface area contributed by atoms with Crippen molar-refractivity contribution in [2.24, 2.45) is 5.92 Å². The van der Waals surface area contributed by atoms with Gasteiger partial charge in [0.15, 0.2) is 0 Å². The van der Waals surface area contributed by atoms with Gasteiger partial charge >= 0.3 is 0 Å². The first-order chi connectivity index (χ1) is 15.1. The fraction of sp³-hybridized carbons (Fsp3) is 0.556. The van der Waals surface area contributed by atoms with Crippen LogP contribution in [0.15, 0.2) is 42.5 Å². The third-order valence-electron chi connectivity index (χ3n) is 7.06. The highest BCUT2D eigenvalue weighted by Crippen LogP contribution is 2.43. The van der Waals surface area contributed by atoms with Crippen LogP contribution in [0.1, 0.15) is 50.8 Å². The Morgan fingerprint density at radius 1 is 1.16 bits per heavy atom. The highest BCUT2D eigenvalue weighted by atomic mass is 19.1. The van der Waals surface area contributed by atoms with E-state index in [0.717, 1.165) is 61.0 Å². The van der Waals surface area contributed by atoms with Gasteiger partial charge in [-0.3, -0.25) is 9.80 Å². The first-order valence-electron chi connectivity index (χ1n) is 11.9. The van der Waals surface area contributed by atoms with Crippen molar-refractivity contribution in [3.05, 3.63) is 59.2 Å². The number of rotatable bonds is 7. The SMILES string of the molecule is CC1CCN(CCOc2ccc([C@@]3(C)c4ccc(O)cc4CCN3CC(C)(C)F)cc2)C1. The molecule has 0 saturated carbocycles. The van der Waals surface area contributed by atoms with Crippen molar-refractivity contribution in [3.8, 4) is 11.5 Å². The maximum absolute atomic E-state index is 14.7. The van der Waals surface area contributed by atoms with Gasteiger partial charge in [0.25, 0.3) is 0 Å². The minimum Gasteiger partial charge on any atom is -0.508 e. The molecule has 5 heteroatoms. The van der Waals surface area contributed by atoms with E-state index in [1.54, 1.807) is 19.9 Å². The summed E-state index contributed by atoms with van der Waals surface area (Å²) in [6, 6.07) is 13.8. The fourth-order valence-electron chi connectivity index (χ4n) is 5.34. The first-order valence-corrected chi connectivity index (χ1v) is 11.9. The van der Waals surface area contributed by atoms with Gasteiger partial charge in [-0.2, -0.15) is 0 Å². The van der Waals surface area contributed by atoms with E-state index in [9.17, 15) is 9.50 Å². The minimum absolute atomic E-state index is 0.279. The molecule has 1 saturated heterocycles. The van der Waals surface area contributed by atoms with Crippen molar-refractivity contribution in [2.45, 2.75) is 51.7 Å². The van der Waals surface area contributed by atoms with Crippen molar-refractivity contribution in [1.29, 1.82) is 0 Å². The lowest BCUT2D eigenvalue weighted by atomic mass is 9.76. The van der Waals surface area contributed by atoms with Crippen molar-refractivity contribution in [1.82, 2.24) is 9.80 Å². The number of phenolic OH excluding ortho intramolecular Hbond substituents is 1. The number of phenols is 1. The van der Waals surface area contributed by atoms with Crippen molar-refractivity contribution in [3.63, 3.8) is 0 Å². The summed E-state index contributed by atoms with van der Waals surface area (Å²) in [6.45, 7) is 12.8. The zero-order valence-electron chi connectivity index (χ0n) is 19.9. The Hall–Kier alpha value is -2.11. The van der Waals surface area contributed by atoms with Crippen LogP contribution in [0.2, 0.25) is 0 Å². The van der Waals surface area contributed by atoms with E-state index >= 15 is 0 Å². The Kier molecular flexibility index (Phi) is 6.51. The Bertz CT molecular complexity index is 924. The molecule has 2 aliphatic rings. The normalized spacial score (nSPS) is 24.5. The van der Waals surface area contributed by atoms with Crippen LogP contribution >= 0.6 is 0 Å². The predicted molar refractivity (Wildman–Crippen MR) is 127 cm³/mol. The zero-order valence-corrected chi connectivity index (χ0v) is 19.9. The van der Waals surface area contributed by atoms with Crippen LogP contribution in [0, 0.1) is 5.92 Å². The highest BCUT2D eigenvalue weighted by Gasteiger charge is 2.42. The number of halogens is 1. The number of hydrogen-bond donors (Lipinski definition) is 1. The first kappa shape index (κ1) is 23.1. The smallest absolute Gasteiger partial charge is 0.119 e. The molecule has 4 nitrogen and oxygen atoms in total. The molecule has 0 amide bonds. The minimum atomic E-state index is -1.30. The summed E-state index contributed by atoms with van der Waals surface area (Å²) in [5.41, 5.74) is 1.58. The Morgan fingerprint density at radius 3 is 2.56 bits per heavy atom. The standard InChI is InChI=1S/C27H37FN2O2/c1-20-11-13-29(18-20)15-16-32-24-8-5-22(6-9-24)27(4)25-10-7-23(31)17-21(25)12-14-30(27)19-26(2,3)28/h5-10,17,20,31H,11-16,18-19H2,1-4H3/t20?,27-/m0/s1. The maximum atomic E-state index is 14.7. The molecule has 32 heavy (non-hydrogen) atoms. The molecule has 2 atom stereocenters. The van der Waals surface area contributed by atoms with Crippen molar-refractivity contribution in [2.75, 3.05) is 39.3 Å². The number of hydrogen-bond acceptors (Lipinski definition) is 4. The number of fused-ring (bicyclic) bond motifs is 1. The molecule has 0 bridgehead atoms. The van der Waals surface area contributed by atoms with Crippen LogP contribution in [0.25, 0.3) is 0 Å². The van der Waals surface area contributed by atoms with Gasteiger partial charge < -0.3 is 9.84 Å². The summed E-state index contributed by atoms with van der Waals surface area (Å²) in [6.07, 6.45) is 2.07. The summed E-state index contributed by atoms with van der Waals surface area (Å²) < 4.78 is 20.7. The van der Waals surface area contributed by atoms with E-state index in [4.69, 9.17) is 4.74 Å². The number of aromatic hydroxyl groups is 1. The second-order valence-corrected chi connectivity index (χ2v) is 10.4. The summed E-state index contributed by atoms with van der Waals surface area (Å²) in [5, 5.41) is 10.00. The molecule has 0 radical (unpaired) electrons. The van der Waals surface area contributed by atoms with Gasteiger partial charge in [-0.05, 0) is 87.0 Å². The van der Waals surface area contributed by atoms with E-state index in [1.807, 2.05) is 24.3 Å². The van der Waals surface area contributed by atoms with Gasteiger partial charge in [-0.15, -0.1) is 0 Å². The van der Waals surface area contributed by atoms with Crippen LogP contribution in [0.3, 0.4) is 0 Å². The van der Waals surface area contributed by atoms with Crippen LogP contribution < -0.4 is 4.74 Å². The zero-order chi connectivity index (χ0) is 22.9. The molecule has 174 valence electrons. The van der Waals surface area contributed by atoms with E-state index in [-0.39, 0.29) is 5.75 Å². The highest BCUT2D eigenvalue weighted by molar-refractivity contribution is 5.48. The van der Waals surface area contributed by atoms with Crippen molar-refractivity contribution >= 4 is 0 Å². The molecule has 2 aromatic carbocycles. The Morgan fingerprint density at radius 2 is 1.91 bits per heavy atom. The molecule has 2 aromatic rings. The molecule has 1 unspecified atom stereocenters. The van der Waals surface area contributed by atoms with E-state index < -0.39 is 11.2 Å². The van der Waals surface area contributed by atoms with Gasteiger partial charge in [0.2, 0.25) is 0 Å². The quantitative estimate of drug-likeness (QED) is 0.659. The molecule has 0 spiro atoms. The third-order valence-corrected chi connectivity index (χ3v) is 7.06. The Labute approximate surface area is 192 Å². The van der Waals surface area contributed by atoms with Crippen LogP contribution in [0.5, 0.6) is 11.5 Å². The number of benzene rings is 2. The van der Waals surface area contributed by atoms with E-state index in [0.29, 0.717) is 13.2 Å². The number of ether oxygens (including phenoxy) is 1. The average molecular weight is 441 g/mol. The maximum Gasteiger partial charge on any atom is 0.119 e. The molecule has 0 aliphatic carbocycles. The molecule has 1 N–H and O–H groups in total. The van der Waals surface area contributed by atoms with E-state index in [1.165, 1.54) is 6.42 Å². The number of likely N-dealkylation sites (tertiary alicyclic amines) is 1. The van der Waals surface area contributed by atoms with Gasteiger partial charge in [-0.25, -0.2) is 4.39 Å². The van der Waals surface area contributed by atoms with Gasteiger partial charge in [0.1, 0.15) is 23.8 Å². The lowest BCUT2D eigenvalue weighted by Gasteiger charge is -2.48.